The first kappa shape index (κ1) is 18.5. The first-order valence-electron chi connectivity index (χ1n) is 9.81. The Bertz CT molecular complexity index is 1120. The number of methoxy groups -OCH3 is 1. The van der Waals surface area contributed by atoms with E-state index < -0.39 is 0 Å². The smallest absolute Gasteiger partial charge is 0.257 e. The molecule has 0 atom stereocenters. The molecule has 3 aromatic rings. The van der Waals surface area contributed by atoms with Gasteiger partial charge in [0.1, 0.15) is 22.7 Å². The SMILES string of the molecule is COc1ccc2c(c1)CCc1c-2nc(Cl)c2c(C(=O)N3CCN(C)CC3)coc12. The average molecular weight is 412 g/mol. The average Bonchev–Trinajstić information content (AvgIpc) is 3.19. The molecule has 0 bridgehead atoms. The van der Waals surface area contributed by atoms with Crippen molar-refractivity contribution in [1.82, 2.24) is 14.8 Å². The third-order valence-corrected chi connectivity index (χ3v) is 6.27. The quantitative estimate of drug-likeness (QED) is 0.602. The Hall–Kier alpha value is -2.57. The highest BCUT2D eigenvalue weighted by molar-refractivity contribution is 6.36. The summed E-state index contributed by atoms with van der Waals surface area (Å²) in [6.07, 6.45) is 3.19. The lowest BCUT2D eigenvalue weighted by atomic mass is 9.88. The van der Waals surface area contributed by atoms with E-state index in [9.17, 15) is 4.79 Å². The lowest BCUT2D eigenvalue weighted by Crippen LogP contribution is -2.47. The Kier molecular flexibility index (Phi) is 4.48. The van der Waals surface area contributed by atoms with Gasteiger partial charge in [0.15, 0.2) is 0 Å². The highest BCUT2D eigenvalue weighted by Crippen LogP contribution is 2.41. The number of ether oxygens (including phenoxy) is 1. The second-order valence-corrected chi connectivity index (χ2v) is 8.06. The molecule has 0 spiro atoms. The number of fused-ring (bicyclic) bond motifs is 5. The Morgan fingerprint density at radius 3 is 2.76 bits per heavy atom. The molecule has 1 aromatic carbocycles. The van der Waals surface area contributed by atoms with Crippen LogP contribution in [0, 0.1) is 0 Å². The molecule has 1 amide bonds. The number of amides is 1. The fourth-order valence-electron chi connectivity index (χ4n) is 4.30. The first-order valence-corrected chi connectivity index (χ1v) is 10.2. The van der Waals surface area contributed by atoms with Crippen LogP contribution in [0.1, 0.15) is 21.5 Å². The maximum absolute atomic E-state index is 13.1. The third kappa shape index (κ3) is 2.98. The molecule has 1 aliphatic carbocycles. The van der Waals surface area contributed by atoms with Gasteiger partial charge < -0.3 is 19.0 Å². The highest BCUT2D eigenvalue weighted by atomic mass is 35.5. The number of hydrogen-bond acceptors (Lipinski definition) is 5. The maximum atomic E-state index is 13.1. The van der Waals surface area contributed by atoms with E-state index in [1.165, 1.54) is 5.56 Å². The second-order valence-electron chi connectivity index (χ2n) is 7.70. The van der Waals surface area contributed by atoms with Gasteiger partial charge in [0, 0.05) is 37.3 Å². The zero-order chi connectivity index (χ0) is 20.1. The Morgan fingerprint density at radius 1 is 1.21 bits per heavy atom. The van der Waals surface area contributed by atoms with Crippen LogP contribution in [0.4, 0.5) is 0 Å². The summed E-state index contributed by atoms with van der Waals surface area (Å²) in [7, 11) is 3.73. The minimum absolute atomic E-state index is 0.0403. The summed E-state index contributed by atoms with van der Waals surface area (Å²) in [5, 5.41) is 0.944. The van der Waals surface area contributed by atoms with Gasteiger partial charge >= 0.3 is 0 Å². The molecule has 1 fully saturated rings. The summed E-state index contributed by atoms with van der Waals surface area (Å²) in [5.74, 6) is 0.791. The molecule has 150 valence electrons. The molecule has 2 aliphatic rings. The fraction of sp³-hybridized carbons (Fsp3) is 0.364. The van der Waals surface area contributed by atoms with Gasteiger partial charge in [-0.25, -0.2) is 4.98 Å². The van der Waals surface area contributed by atoms with E-state index in [0.717, 1.165) is 48.5 Å². The maximum Gasteiger partial charge on any atom is 0.257 e. The lowest BCUT2D eigenvalue weighted by Gasteiger charge is -2.32. The van der Waals surface area contributed by atoms with E-state index in [1.54, 1.807) is 13.4 Å². The van der Waals surface area contributed by atoms with Gasteiger partial charge in [-0.05, 0) is 43.7 Å². The van der Waals surface area contributed by atoms with Gasteiger partial charge in [-0.2, -0.15) is 0 Å². The molecule has 2 aromatic heterocycles. The minimum atomic E-state index is -0.0403. The molecule has 29 heavy (non-hydrogen) atoms. The summed E-state index contributed by atoms with van der Waals surface area (Å²) in [5.41, 5.74) is 5.25. The van der Waals surface area contributed by atoms with E-state index >= 15 is 0 Å². The largest absolute Gasteiger partial charge is 0.497 e. The number of piperazine rings is 1. The van der Waals surface area contributed by atoms with Gasteiger partial charge in [0.2, 0.25) is 0 Å². The van der Waals surface area contributed by atoms with Gasteiger partial charge in [-0.15, -0.1) is 0 Å². The van der Waals surface area contributed by atoms with Crippen molar-refractivity contribution in [3.63, 3.8) is 0 Å². The molecule has 0 N–H and O–H groups in total. The van der Waals surface area contributed by atoms with Crippen LogP contribution >= 0.6 is 11.6 Å². The van der Waals surface area contributed by atoms with Gasteiger partial charge in [-0.3, -0.25) is 4.79 Å². The molecule has 0 saturated carbocycles. The number of nitrogens with zero attached hydrogens (tertiary/aromatic N) is 3. The van der Waals surface area contributed by atoms with Crippen molar-refractivity contribution in [2.45, 2.75) is 12.8 Å². The van der Waals surface area contributed by atoms with Gasteiger partial charge in [0.25, 0.3) is 5.91 Å². The molecule has 5 rings (SSSR count). The van der Waals surface area contributed by atoms with E-state index in [1.807, 2.05) is 23.1 Å². The molecule has 0 radical (unpaired) electrons. The van der Waals surface area contributed by atoms with Crippen LogP contribution < -0.4 is 4.74 Å². The van der Waals surface area contributed by atoms with Crippen LogP contribution in [0.15, 0.2) is 28.9 Å². The number of rotatable bonds is 2. The third-order valence-electron chi connectivity index (χ3n) is 6.00. The number of benzene rings is 1. The normalized spacial score (nSPS) is 16.6. The Labute approximate surface area is 174 Å². The number of pyridine rings is 1. The van der Waals surface area contributed by atoms with Crippen LogP contribution in [-0.2, 0) is 12.8 Å². The summed E-state index contributed by atoms with van der Waals surface area (Å²) in [4.78, 5) is 21.9. The summed E-state index contributed by atoms with van der Waals surface area (Å²) in [6, 6.07) is 5.99. The van der Waals surface area contributed by atoms with E-state index in [2.05, 4.69) is 11.9 Å². The van der Waals surface area contributed by atoms with Crippen LogP contribution in [-0.4, -0.2) is 61.0 Å². The van der Waals surface area contributed by atoms with Crippen LogP contribution in [0.2, 0.25) is 5.15 Å². The molecule has 6 nitrogen and oxygen atoms in total. The highest BCUT2D eigenvalue weighted by Gasteiger charge is 2.29. The standard InChI is InChI=1S/C22H22ClN3O3/c1-25-7-9-26(10-8-25)22(27)17-12-29-20-16-5-3-13-11-14(28-2)4-6-15(13)19(16)24-21(23)18(17)20/h4,6,11-12H,3,5,7-10H2,1-2H3. The van der Waals surface area contributed by atoms with E-state index in [-0.39, 0.29) is 5.91 Å². The minimum Gasteiger partial charge on any atom is -0.497 e. The number of halogens is 1. The molecular formula is C22H22ClN3O3. The van der Waals surface area contributed by atoms with Crippen molar-refractivity contribution >= 4 is 28.5 Å². The molecule has 1 aliphatic heterocycles. The Balaban J connectivity index is 1.59. The monoisotopic (exact) mass is 411 g/mol. The zero-order valence-corrected chi connectivity index (χ0v) is 17.3. The van der Waals surface area contributed by atoms with Crippen molar-refractivity contribution in [2.75, 3.05) is 40.3 Å². The summed E-state index contributed by atoms with van der Waals surface area (Å²) >= 11 is 6.60. The number of aromatic nitrogens is 1. The fourth-order valence-corrected chi connectivity index (χ4v) is 4.57. The predicted molar refractivity (Wildman–Crippen MR) is 112 cm³/mol. The van der Waals surface area contributed by atoms with Crippen molar-refractivity contribution in [2.24, 2.45) is 0 Å². The number of carbonyl (C=O) groups excluding carboxylic acids is 1. The van der Waals surface area contributed by atoms with Crippen LogP contribution in [0.5, 0.6) is 5.75 Å². The number of carbonyl (C=O) groups is 1. The molecular weight excluding hydrogens is 390 g/mol. The zero-order valence-electron chi connectivity index (χ0n) is 16.5. The predicted octanol–water partition coefficient (Wildman–Crippen LogP) is 3.64. The van der Waals surface area contributed by atoms with E-state index in [0.29, 0.717) is 34.8 Å². The second kappa shape index (κ2) is 7.04. The Morgan fingerprint density at radius 2 is 2.00 bits per heavy atom. The van der Waals surface area contributed by atoms with Crippen LogP contribution in [0.3, 0.4) is 0 Å². The molecule has 7 heteroatoms. The molecule has 0 unspecified atom stereocenters. The molecule has 3 heterocycles. The van der Waals surface area contributed by atoms with E-state index in [4.69, 9.17) is 25.7 Å². The van der Waals surface area contributed by atoms with Crippen molar-refractivity contribution < 1.29 is 13.9 Å². The first-order chi connectivity index (χ1) is 14.1. The van der Waals surface area contributed by atoms with Gasteiger partial charge in [0.05, 0.1) is 23.8 Å². The van der Waals surface area contributed by atoms with Crippen LogP contribution in [0.25, 0.3) is 22.2 Å². The van der Waals surface area contributed by atoms with Crippen molar-refractivity contribution in [3.05, 3.63) is 46.3 Å². The number of likely N-dealkylation sites (N-methyl/N-ethyl adjacent to an activating group) is 1. The summed E-state index contributed by atoms with van der Waals surface area (Å²) < 4.78 is 11.3. The number of hydrogen-bond donors (Lipinski definition) is 0. The summed E-state index contributed by atoms with van der Waals surface area (Å²) in [6.45, 7) is 3.13. The van der Waals surface area contributed by atoms with Crippen molar-refractivity contribution in [1.29, 1.82) is 0 Å². The van der Waals surface area contributed by atoms with Crippen molar-refractivity contribution in [3.8, 4) is 17.0 Å². The lowest BCUT2D eigenvalue weighted by molar-refractivity contribution is 0.0665. The molecule has 1 saturated heterocycles. The topological polar surface area (TPSA) is 58.8 Å². The number of furan rings is 1. The number of aryl methyl sites for hydroxylation is 2. The van der Waals surface area contributed by atoms with Gasteiger partial charge in [-0.1, -0.05) is 11.6 Å².